The maximum atomic E-state index is 13.0. The summed E-state index contributed by atoms with van der Waals surface area (Å²) >= 11 is 0. The molecular formula is C72H45CeN3O18+3. The van der Waals surface area contributed by atoms with Gasteiger partial charge in [0.2, 0.25) is 0 Å². The van der Waals surface area contributed by atoms with Crippen LogP contribution in [-0.4, -0.2) is 45.6 Å². The van der Waals surface area contributed by atoms with Crippen LogP contribution in [0.25, 0.3) is 65.8 Å². The van der Waals surface area contributed by atoms with E-state index >= 15 is 0 Å². The SMILES string of the molecule is O=c1oc2ccccc2c(O)c1C(c1ccccn1)c1c(O)c2ccccc2oc1=O.O=c1oc2ccccc2c(O)c1C(c1ccccn1)c1c(O)c2ccccc2oc1=O.O=c1oc2ccccc2c(O)c1C(c1ccccn1)c1c(O)c2ccccc2oc1=O.[Ce+3]. The first-order chi connectivity index (χ1) is 45.2. The van der Waals surface area contributed by atoms with E-state index in [9.17, 15) is 59.4 Å². The van der Waals surface area contributed by atoms with Crippen LogP contribution in [0, 0.1) is 41.7 Å². The predicted molar refractivity (Wildman–Crippen MR) is 340 cm³/mol. The Morgan fingerprint density at radius 1 is 0.234 bits per heavy atom. The number of nitrogens with zero attached hydrogens (tertiary/aromatic N) is 3. The number of hydrogen-bond acceptors (Lipinski definition) is 21. The summed E-state index contributed by atoms with van der Waals surface area (Å²) in [4.78, 5) is 90.6. The molecule has 0 spiro atoms. The summed E-state index contributed by atoms with van der Waals surface area (Å²) < 4.78 is 32.4. The van der Waals surface area contributed by atoms with E-state index in [1.165, 1.54) is 18.6 Å². The maximum absolute atomic E-state index is 13.0. The Hall–Kier alpha value is -11.8. The zero-order valence-electron chi connectivity index (χ0n) is 48.4. The minimum absolute atomic E-state index is 0. The number of para-hydroxylation sites is 6. The Morgan fingerprint density at radius 3 is 0.553 bits per heavy atom. The van der Waals surface area contributed by atoms with Gasteiger partial charge in [-0.2, -0.15) is 0 Å². The minimum Gasteiger partial charge on any atom is -0.507 e. The average Bonchev–Trinajstić information content (AvgIpc) is 0.761. The number of hydrogen-bond donors (Lipinski definition) is 6. The molecule has 1 radical (unpaired) electrons. The molecule has 15 aromatic rings. The van der Waals surface area contributed by atoms with Gasteiger partial charge >= 0.3 is 75.5 Å². The fraction of sp³-hybridized carbons (Fsp3) is 0.0417. The smallest absolute Gasteiger partial charge is 0.507 e. The van der Waals surface area contributed by atoms with Gasteiger partial charge in [-0.3, -0.25) is 15.0 Å². The molecule has 22 heteroatoms. The number of aromatic nitrogens is 3. The number of fused-ring (bicyclic) bond motifs is 6. The second-order valence-electron chi connectivity index (χ2n) is 21.0. The first kappa shape index (κ1) is 62.4. The average molecular weight is 1380 g/mol. The Morgan fingerprint density at radius 2 is 0.394 bits per heavy atom. The van der Waals surface area contributed by atoms with Crippen molar-refractivity contribution in [2.45, 2.75) is 17.8 Å². The molecule has 0 bridgehead atoms. The van der Waals surface area contributed by atoms with Crippen molar-refractivity contribution in [3.8, 4) is 34.5 Å². The normalized spacial score (nSPS) is 11.3. The van der Waals surface area contributed by atoms with E-state index in [2.05, 4.69) is 15.0 Å². The largest absolute Gasteiger partial charge is 3.00 e. The molecule has 0 amide bonds. The summed E-state index contributed by atoms with van der Waals surface area (Å²) in [5.41, 5.74) is -4.39. The first-order valence-corrected chi connectivity index (χ1v) is 28.4. The van der Waals surface area contributed by atoms with Crippen molar-refractivity contribution >= 4 is 65.8 Å². The van der Waals surface area contributed by atoms with Crippen LogP contribution in [0.1, 0.15) is 68.2 Å². The van der Waals surface area contributed by atoms with Crippen LogP contribution in [0.15, 0.2) is 274 Å². The molecule has 6 N–H and O–H groups in total. The Labute approximate surface area is 559 Å². The summed E-state index contributed by atoms with van der Waals surface area (Å²) in [7, 11) is 0. The fourth-order valence-electron chi connectivity index (χ4n) is 11.4. The van der Waals surface area contributed by atoms with Gasteiger partial charge in [0.25, 0.3) is 0 Å². The Bertz CT molecular complexity index is 4930. The summed E-state index contributed by atoms with van der Waals surface area (Å²) in [6.45, 7) is 0. The number of pyridine rings is 3. The van der Waals surface area contributed by atoms with Crippen LogP contribution < -0.4 is 33.8 Å². The van der Waals surface area contributed by atoms with Crippen molar-refractivity contribution in [1.29, 1.82) is 0 Å². The predicted octanol–water partition coefficient (Wildman–Crippen LogP) is 11.7. The fourth-order valence-corrected chi connectivity index (χ4v) is 11.4. The van der Waals surface area contributed by atoms with Crippen LogP contribution in [0.2, 0.25) is 0 Å². The summed E-state index contributed by atoms with van der Waals surface area (Å²) in [6.07, 6.45) is 4.46. The molecule has 94 heavy (non-hydrogen) atoms. The van der Waals surface area contributed by atoms with E-state index in [1.807, 2.05) is 0 Å². The molecule has 0 aliphatic heterocycles. The molecule has 0 aliphatic rings. The molecule has 6 aromatic carbocycles. The van der Waals surface area contributed by atoms with Crippen molar-refractivity contribution in [3.63, 3.8) is 0 Å². The third kappa shape index (κ3) is 11.4. The van der Waals surface area contributed by atoms with Crippen molar-refractivity contribution in [2.75, 3.05) is 0 Å². The molecular weight excluding hydrogens is 1330 g/mol. The van der Waals surface area contributed by atoms with Crippen LogP contribution in [0.3, 0.4) is 0 Å². The second-order valence-corrected chi connectivity index (χ2v) is 21.0. The molecule has 0 saturated heterocycles. The summed E-state index contributed by atoms with van der Waals surface area (Å²) in [5.74, 6) is -5.77. The van der Waals surface area contributed by atoms with Crippen LogP contribution >= 0.6 is 0 Å². The molecule has 0 fully saturated rings. The quantitative estimate of drug-likeness (QED) is 0.0731. The number of rotatable bonds is 9. The maximum Gasteiger partial charge on any atom is 3.00 e. The molecule has 0 saturated carbocycles. The Balaban J connectivity index is 0.000000135. The van der Waals surface area contributed by atoms with Gasteiger partial charge in [0.15, 0.2) is 0 Å². The second kappa shape index (κ2) is 26.2. The molecule has 9 heterocycles. The van der Waals surface area contributed by atoms with Gasteiger partial charge in [-0.1, -0.05) is 91.0 Å². The van der Waals surface area contributed by atoms with Gasteiger partial charge in [-0.25, -0.2) is 28.8 Å². The van der Waals surface area contributed by atoms with Crippen molar-refractivity contribution in [1.82, 2.24) is 15.0 Å². The van der Waals surface area contributed by atoms with Gasteiger partial charge in [0.1, 0.15) is 68.0 Å². The zero-order chi connectivity index (χ0) is 64.6. The molecule has 457 valence electrons. The third-order valence-electron chi connectivity index (χ3n) is 15.6. The van der Waals surface area contributed by atoms with E-state index in [0.29, 0.717) is 32.3 Å². The number of aromatic hydroxyl groups is 6. The van der Waals surface area contributed by atoms with Crippen LogP contribution in [0.4, 0.5) is 0 Å². The van der Waals surface area contributed by atoms with Crippen LogP contribution in [0.5, 0.6) is 34.5 Å². The molecule has 0 aliphatic carbocycles. The van der Waals surface area contributed by atoms with Gasteiger partial charge in [-0.05, 0) is 109 Å². The first-order valence-electron chi connectivity index (χ1n) is 28.4. The van der Waals surface area contributed by atoms with E-state index < -0.39 is 51.5 Å². The van der Waals surface area contributed by atoms with Gasteiger partial charge in [-0.15, -0.1) is 0 Å². The van der Waals surface area contributed by atoms with Gasteiger partial charge < -0.3 is 57.1 Å². The third-order valence-corrected chi connectivity index (χ3v) is 15.6. The Kier molecular flexibility index (Phi) is 17.4. The minimum atomic E-state index is -1.22. The standard InChI is InChI=1S/3C24H15NO6.Ce/c3*26-21-13-7-1-3-10-16(13)30-23(28)19(21)18(15-9-5-6-12-25-15)20-22(27)14-8-2-4-11-17(14)31-24(20)29;/h3*1-12,18,26-27H;/q;;;+3. The molecule has 15 rings (SSSR count). The molecule has 21 nitrogen and oxygen atoms in total. The summed E-state index contributed by atoms with van der Waals surface area (Å²) in [5, 5.41) is 67.9. The van der Waals surface area contributed by atoms with Gasteiger partial charge in [0, 0.05) is 18.6 Å². The van der Waals surface area contributed by atoms with E-state index in [-0.39, 0.29) is 160 Å². The van der Waals surface area contributed by atoms with E-state index in [4.69, 9.17) is 26.5 Å². The van der Waals surface area contributed by atoms with E-state index in [0.717, 1.165) is 0 Å². The zero-order valence-corrected chi connectivity index (χ0v) is 51.6. The number of benzene rings is 6. The van der Waals surface area contributed by atoms with Crippen LogP contribution in [-0.2, 0) is 0 Å². The van der Waals surface area contributed by atoms with E-state index in [1.54, 1.807) is 200 Å². The molecule has 0 unspecified atom stereocenters. The summed E-state index contributed by atoms with van der Waals surface area (Å²) in [6, 6.07) is 53.8. The van der Waals surface area contributed by atoms with Gasteiger partial charge in [0.05, 0.1) is 101 Å². The van der Waals surface area contributed by atoms with Crippen molar-refractivity contribution in [3.05, 3.63) is 332 Å². The monoisotopic (exact) mass is 1380 g/mol. The van der Waals surface area contributed by atoms with Crippen molar-refractivity contribution in [2.24, 2.45) is 0 Å². The molecule has 0 atom stereocenters. The van der Waals surface area contributed by atoms with Crippen molar-refractivity contribution < 1.29 is 98.9 Å². The molecule has 9 aromatic heterocycles. The topological polar surface area (TPSA) is 341 Å².